The topological polar surface area (TPSA) is 125 Å². The number of sulfonamides is 1. The van der Waals surface area contributed by atoms with Crippen molar-refractivity contribution in [3.8, 4) is 11.1 Å². The molecule has 0 aliphatic heterocycles. The lowest BCUT2D eigenvalue weighted by Crippen LogP contribution is -2.38. The van der Waals surface area contributed by atoms with E-state index in [0.717, 1.165) is 6.42 Å². The van der Waals surface area contributed by atoms with Crippen LogP contribution in [-0.2, 0) is 14.8 Å². The zero-order valence-corrected chi connectivity index (χ0v) is 16.4. The molecule has 0 heterocycles. The summed E-state index contributed by atoms with van der Waals surface area (Å²) in [6.45, 7) is 3.77. The average molecular weight is 405 g/mol. The molecule has 0 unspecified atom stereocenters. The van der Waals surface area contributed by atoms with Crippen LogP contribution < -0.4 is 15.4 Å². The number of carboxylic acid groups (broad SMARTS) is 1. The lowest BCUT2D eigenvalue weighted by atomic mass is 10.1. The van der Waals surface area contributed by atoms with E-state index in [1.807, 2.05) is 6.92 Å². The highest BCUT2D eigenvalue weighted by Gasteiger charge is 2.21. The summed E-state index contributed by atoms with van der Waals surface area (Å²) in [5.41, 5.74) is 1.89. The van der Waals surface area contributed by atoms with Gasteiger partial charge < -0.3 is 15.7 Å². The second-order valence-electron chi connectivity index (χ2n) is 6.17. The Hall–Kier alpha value is -2.91. The Kier molecular flexibility index (Phi) is 7.13. The highest BCUT2D eigenvalue weighted by atomic mass is 32.2. The lowest BCUT2D eigenvalue weighted by Gasteiger charge is -2.12. The summed E-state index contributed by atoms with van der Waals surface area (Å²) in [6, 6.07) is 11.6. The van der Waals surface area contributed by atoms with Crippen LogP contribution in [0.1, 0.15) is 20.3 Å². The van der Waals surface area contributed by atoms with Crippen molar-refractivity contribution < 1.29 is 23.1 Å². The van der Waals surface area contributed by atoms with Gasteiger partial charge in [-0.15, -0.1) is 0 Å². The summed E-state index contributed by atoms with van der Waals surface area (Å²) in [5.74, 6) is -1.26. The van der Waals surface area contributed by atoms with Crippen LogP contribution in [-0.4, -0.2) is 38.1 Å². The number of carboxylic acids is 1. The number of carbonyl (C=O) groups is 2. The van der Waals surface area contributed by atoms with Gasteiger partial charge in [0.05, 0.1) is 4.90 Å². The van der Waals surface area contributed by atoms with E-state index < -0.39 is 22.0 Å². The van der Waals surface area contributed by atoms with Gasteiger partial charge in [-0.3, -0.25) is 4.79 Å². The van der Waals surface area contributed by atoms with Crippen LogP contribution >= 0.6 is 0 Å². The largest absolute Gasteiger partial charge is 0.480 e. The van der Waals surface area contributed by atoms with Crippen molar-refractivity contribution in [3.05, 3.63) is 48.5 Å². The normalized spacial score (nSPS) is 12.2. The number of hydrogen-bond acceptors (Lipinski definition) is 4. The number of aliphatic carboxylic acids is 1. The molecule has 9 heteroatoms. The molecule has 0 aliphatic rings. The van der Waals surface area contributed by atoms with Gasteiger partial charge in [-0.2, -0.15) is 4.72 Å². The van der Waals surface area contributed by atoms with Crippen molar-refractivity contribution in [3.63, 3.8) is 0 Å². The molecule has 0 aromatic heterocycles. The van der Waals surface area contributed by atoms with Gasteiger partial charge in [-0.05, 0) is 48.7 Å². The predicted molar refractivity (Wildman–Crippen MR) is 107 cm³/mol. The van der Waals surface area contributed by atoms with Crippen molar-refractivity contribution >= 4 is 27.7 Å². The van der Waals surface area contributed by atoms with Crippen LogP contribution in [0.2, 0.25) is 0 Å². The minimum absolute atomic E-state index is 0.0443. The molecule has 0 bridgehead atoms. The van der Waals surface area contributed by atoms with E-state index in [9.17, 15) is 18.0 Å². The highest BCUT2D eigenvalue weighted by molar-refractivity contribution is 7.89. The molecule has 0 spiro atoms. The molecule has 0 fully saturated rings. The van der Waals surface area contributed by atoms with Gasteiger partial charge in [0.2, 0.25) is 10.0 Å². The maximum atomic E-state index is 12.4. The second kappa shape index (κ2) is 9.34. The Morgan fingerprint density at radius 1 is 1.07 bits per heavy atom. The number of anilines is 1. The van der Waals surface area contributed by atoms with Gasteiger partial charge in [-0.25, -0.2) is 13.2 Å². The fourth-order valence-corrected chi connectivity index (χ4v) is 3.63. The third-order valence-electron chi connectivity index (χ3n) is 3.84. The number of carbonyl (C=O) groups excluding carboxylic acids is 1. The summed E-state index contributed by atoms with van der Waals surface area (Å²) in [6.07, 6.45) is 0.823. The Balaban J connectivity index is 2.25. The Morgan fingerprint density at radius 2 is 1.71 bits per heavy atom. The molecule has 2 aromatic rings. The molecule has 2 aromatic carbocycles. The summed E-state index contributed by atoms with van der Waals surface area (Å²) >= 11 is 0. The summed E-state index contributed by atoms with van der Waals surface area (Å²) in [5, 5.41) is 14.3. The molecule has 4 N–H and O–H groups in total. The third kappa shape index (κ3) is 5.80. The number of hydrogen-bond donors (Lipinski definition) is 4. The molecule has 150 valence electrons. The quantitative estimate of drug-likeness (QED) is 0.537. The summed E-state index contributed by atoms with van der Waals surface area (Å²) in [4.78, 5) is 22.7. The first kappa shape index (κ1) is 21.4. The third-order valence-corrected chi connectivity index (χ3v) is 5.37. The Bertz CT molecular complexity index is 960. The maximum Gasteiger partial charge on any atom is 0.321 e. The van der Waals surface area contributed by atoms with E-state index in [-0.39, 0.29) is 10.9 Å². The molecule has 0 aliphatic carbocycles. The van der Waals surface area contributed by atoms with Crippen LogP contribution in [0.15, 0.2) is 53.4 Å². The first-order chi connectivity index (χ1) is 13.2. The smallest absolute Gasteiger partial charge is 0.321 e. The average Bonchev–Trinajstić information content (AvgIpc) is 2.66. The van der Waals surface area contributed by atoms with Crippen molar-refractivity contribution in [2.45, 2.75) is 31.2 Å². The standard InChI is InChI=1S/C19H23N3O5S/c1-3-10-20-19(25)21-16-8-4-6-14(11-16)15-7-5-9-17(12-15)28(26,27)22-13(2)18(23)24/h4-9,11-13,22H,3,10H2,1-2H3,(H,23,24)(H2,20,21,25)/t13-/m0/s1. The first-order valence-corrected chi connectivity index (χ1v) is 10.2. The maximum absolute atomic E-state index is 12.4. The van der Waals surface area contributed by atoms with E-state index in [4.69, 9.17) is 5.11 Å². The lowest BCUT2D eigenvalue weighted by molar-refractivity contribution is -0.138. The first-order valence-electron chi connectivity index (χ1n) is 8.73. The van der Waals surface area contributed by atoms with E-state index >= 15 is 0 Å². The number of rotatable bonds is 8. The fraction of sp³-hybridized carbons (Fsp3) is 0.263. The van der Waals surface area contributed by atoms with Gasteiger partial charge in [0.1, 0.15) is 6.04 Å². The second-order valence-corrected chi connectivity index (χ2v) is 7.88. The Labute approximate surface area is 164 Å². The van der Waals surface area contributed by atoms with Gasteiger partial charge in [-0.1, -0.05) is 31.2 Å². The van der Waals surface area contributed by atoms with Gasteiger partial charge >= 0.3 is 12.0 Å². The summed E-state index contributed by atoms with van der Waals surface area (Å²) < 4.78 is 26.9. The summed E-state index contributed by atoms with van der Waals surface area (Å²) in [7, 11) is -3.99. The molecule has 0 radical (unpaired) electrons. The van der Waals surface area contributed by atoms with Crippen LogP contribution in [0.3, 0.4) is 0 Å². The Morgan fingerprint density at radius 3 is 2.36 bits per heavy atom. The molecule has 2 amide bonds. The fourth-order valence-electron chi connectivity index (χ4n) is 2.38. The van der Waals surface area contributed by atoms with Crippen LogP contribution in [0.4, 0.5) is 10.5 Å². The van der Waals surface area contributed by atoms with Gasteiger partial charge in [0.15, 0.2) is 0 Å². The SMILES string of the molecule is CCCNC(=O)Nc1cccc(-c2cccc(S(=O)(=O)N[C@@H](C)C(=O)O)c2)c1. The monoisotopic (exact) mass is 405 g/mol. The number of benzene rings is 2. The van der Waals surface area contributed by atoms with Crippen LogP contribution in [0.5, 0.6) is 0 Å². The van der Waals surface area contributed by atoms with Crippen molar-refractivity contribution in [2.75, 3.05) is 11.9 Å². The zero-order chi connectivity index (χ0) is 20.7. The molecule has 0 saturated heterocycles. The molecule has 1 atom stereocenters. The van der Waals surface area contributed by atoms with Crippen molar-refractivity contribution in [1.29, 1.82) is 0 Å². The predicted octanol–water partition coefficient (Wildman–Crippen LogP) is 2.64. The minimum atomic E-state index is -3.99. The molecular weight excluding hydrogens is 382 g/mol. The molecule has 8 nitrogen and oxygen atoms in total. The van der Waals surface area contributed by atoms with Crippen LogP contribution in [0, 0.1) is 0 Å². The van der Waals surface area contributed by atoms with Gasteiger partial charge in [0, 0.05) is 12.2 Å². The molecule has 2 rings (SSSR count). The van der Waals surface area contributed by atoms with E-state index in [1.54, 1.807) is 36.4 Å². The van der Waals surface area contributed by atoms with E-state index in [2.05, 4.69) is 15.4 Å². The highest BCUT2D eigenvalue weighted by Crippen LogP contribution is 2.25. The minimum Gasteiger partial charge on any atom is -0.480 e. The van der Waals surface area contributed by atoms with Gasteiger partial charge in [0.25, 0.3) is 0 Å². The molecule has 28 heavy (non-hydrogen) atoms. The van der Waals surface area contributed by atoms with E-state index in [1.165, 1.54) is 19.1 Å². The number of urea groups is 1. The molecule has 0 saturated carbocycles. The van der Waals surface area contributed by atoms with E-state index in [0.29, 0.717) is 23.4 Å². The number of nitrogens with one attached hydrogen (secondary N) is 3. The number of amides is 2. The zero-order valence-electron chi connectivity index (χ0n) is 15.6. The van der Waals surface area contributed by atoms with Crippen LogP contribution in [0.25, 0.3) is 11.1 Å². The van der Waals surface area contributed by atoms with Crippen molar-refractivity contribution in [1.82, 2.24) is 10.0 Å². The van der Waals surface area contributed by atoms with Crippen molar-refractivity contribution in [2.24, 2.45) is 0 Å². The molecular formula is C19H23N3O5S.